The summed E-state index contributed by atoms with van der Waals surface area (Å²) in [5, 5.41) is 6.14. The summed E-state index contributed by atoms with van der Waals surface area (Å²) >= 11 is 6.61. The van der Waals surface area contributed by atoms with Crippen molar-refractivity contribution < 1.29 is 14.3 Å². The van der Waals surface area contributed by atoms with E-state index in [1.807, 2.05) is 52.3 Å². The minimum atomic E-state index is -0.530. The highest BCUT2D eigenvalue weighted by Gasteiger charge is 2.25. The summed E-state index contributed by atoms with van der Waals surface area (Å²) in [5.41, 5.74) is 10.4. The van der Waals surface area contributed by atoms with Crippen LogP contribution in [0.2, 0.25) is 5.02 Å². The summed E-state index contributed by atoms with van der Waals surface area (Å²) in [6, 6.07) is 3.44. The van der Waals surface area contributed by atoms with Crippen molar-refractivity contribution in [3.63, 3.8) is 0 Å². The molecule has 8 heteroatoms. The minimum absolute atomic E-state index is 0.227. The molecule has 0 aliphatic heterocycles. The number of nitrogens with zero attached hydrogens (tertiary/aromatic N) is 3. The summed E-state index contributed by atoms with van der Waals surface area (Å²) in [5.74, 6) is 0.426. The Labute approximate surface area is 193 Å². The van der Waals surface area contributed by atoms with Crippen LogP contribution in [0.1, 0.15) is 62.5 Å². The van der Waals surface area contributed by atoms with Crippen LogP contribution in [0.5, 0.6) is 5.75 Å². The first-order valence-electron chi connectivity index (χ1n) is 10.6. The maximum Gasteiger partial charge on any atom is 0.306 e. The van der Waals surface area contributed by atoms with Crippen LogP contribution in [0.25, 0.3) is 11.0 Å². The molecule has 0 radical (unpaired) electrons. The fraction of sp³-hybridized carbons (Fsp3) is 0.458. The quantitative estimate of drug-likeness (QED) is 0.512. The number of esters is 1. The van der Waals surface area contributed by atoms with Crippen LogP contribution < -0.4 is 10.5 Å². The van der Waals surface area contributed by atoms with E-state index in [9.17, 15) is 4.79 Å². The number of aromatic nitrogens is 3. The van der Waals surface area contributed by atoms with Crippen molar-refractivity contribution in [1.82, 2.24) is 14.8 Å². The predicted molar refractivity (Wildman–Crippen MR) is 127 cm³/mol. The summed E-state index contributed by atoms with van der Waals surface area (Å²) in [6.45, 7) is 11.4. The molecule has 2 heterocycles. The van der Waals surface area contributed by atoms with Crippen molar-refractivity contribution >= 4 is 34.3 Å². The minimum Gasteiger partial charge on any atom is -0.496 e. The third kappa shape index (κ3) is 4.67. The molecule has 2 aromatic heterocycles. The van der Waals surface area contributed by atoms with Gasteiger partial charge in [-0.25, -0.2) is 9.67 Å². The number of benzene rings is 1. The van der Waals surface area contributed by atoms with Crippen LogP contribution in [0, 0.1) is 13.8 Å². The van der Waals surface area contributed by atoms with E-state index < -0.39 is 5.60 Å². The van der Waals surface area contributed by atoms with Gasteiger partial charge in [-0.1, -0.05) is 11.6 Å². The number of fused-ring (bicyclic) bond motifs is 1. The number of nitrogens with two attached hydrogens (primary N) is 1. The van der Waals surface area contributed by atoms with Crippen molar-refractivity contribution in [2.45, 2.75) is 66.0 Å². The Bertz CT molecular complexity index is 1160. The summed E-state index contributed by atoms with van der Waals surface area (Å²) in [7, 11) is 1.62. The molecule has 1 unspecified atom stereocenters. The van der Waals surface area contributed by atoms with E-state index in [1.54, 1.807) is 19.4 Å². The second kappa shape index (κ2) is 8.98. The number of pyridine rings is 1. The van der Waals surface area contributed by atoms with Crippen molar-refractivity contribution in [3.05, 3.63) is 45.7 Å². The number of nitrogen functional groups attached to an aromatic ring is 1. The van der Waals surface area contributed by atoms with Gasteiger partial charge in [-0.2, -0.15) is 5.10 Å². The highest BCUT2D eigenvalue weighted by Crippen LogP contribution is 2.39. The SMILES string of the molecule is COc1c(C(C)n2nc(C)c3c(N)ccnc32)cc(Cl)c(C)c1CCC(=O)OC(C)(C)C. The molecule has 172 valence electrons. The molecule has 7 nitrogen and oxygen atoms in total. The van der Waals surface area contributed by atoms with Crippen LogP contribution >= 0.6 is 11.6 Å². The molecule has 3 aromatic rings. The molecule has 0 aliphatic rings. The highest BCUT2D eigenvalue weighted by atomic mass is 35.5. The molecule has 0 amide bonds. The molecule has 0 bridgehead atoms. The number of aryl methyl sites for hydroxylation is 1. The molecule has 0 saturated carbocycles. The average molecular weight is 459 g/mol. The van der Waals surface area contributed by atoms with E-state index in [0.29, 0.717) is 28.5 Å². The predicted octanol–water partition coefficient (Wildman–Crippen LogP) is 5.18. The molecule has 0 fully saturated rings. The summed E-state index contributed by atoms with van der Waals surface area (Å²) < 4.78 is 13.1. The van der Waals surface area contributed by atoms with Crippen molar-refractivity contribution in [2.24, 2.45) is 0 Å². The van der Waals surface area contributed by atoms with Gasteiger partial charge in [-0.05, 0) is 71.2 Å². The third-order valence-corrected chi connectivity index (χ3v) is 5.84. The lowest BCUT2D eigenvalue weighted by Crippen LogP contribution is -2.24. The molecular weight excluding hydrogens is 428 g/mol. The first-order valence-corrected chi connectivity index (χ1v) is 11.0. The Morgan fingerprint density at radius 2 is 2.00 bits per heavy atom. The Hall–Kier alpha value is -2.80. The summed E-state index contributed by atoms with van der Waals surface area (Å²) in [6.07, 6.45) is 2.35. The average Bonchev–Trinajstić information content (AvgIpc) is 3.04. The smallest absolute Gasteiger partial charge is 0.306 e. The van der Waals surface area contributed by atoms with E-state index >= 15 is 0 Å². The number of rotatable bonds is 6. The first-order chi connectivity index (χ1) is 14.9. The molecule has 32 heavy (non-hydrogen) atoms. The van der Waals surface area contributed by atoms with Crippen molar-refractivity contribution in [1.29, 1.82) is 0 Å². The van der Waals surface area contributed by atoms with Gasteiger partial charge >= 0.3 is 5.97 Å². The number of hydrogen-bond acceptors (Lipinski definition) is 6. The molecule has 2 N–H and O–H groups in total. The maximum absolute atomic E-state index is 12.3. The molecular formula is C24H31ClN4O3. The second-order valence-corrected chi connectivity index (χ2v) is 9.38. The van der Waals surface area contributed by atoms with Crippen LogP contribution in [-0.2, 0) is 16.0 Å². The van der Waals surface area contributed by atoms with Gasteiger partial charge in [0.05, 0.1) is 24.2 Å². The van der Waals surface area contributed by atoms with Gasteiger partial charge < -0.3 is 15.2 Å². The first kappa shape index (κ1) is 23.9. The fourth-order valence-corrected chi connectivity index (χ4v) is 4.17. The van der Waals surface area contributed by atoms with E-state index in [2.05, 4.69) is 4.98 Å². The van der Waals surface area contributed by atoms with E-state index in [1.165, 1.54) is 0 Å². The second-order valence-electron chi connectivity index (χ2n) is 8.98. The number of carbonyl (C=O) groups excluding carboxylic acids is 1. The Kier molecular flexibility index (Phi) is 6.69. The molecule has 1 aromatic carbocycles. The van der Waals surface area contributed by atoms with E-state index in [4.69, 9.17) is 31.9 Å². The van der Waals surface area contributed by atoms with Gasteiger partial charge in [-0.3, -0.25) is 4.79 Å². The standard InChI is InChI=1S/C24H31ClN4O3/c1-13-16(8-9-20(30)32-24(4,5)6)22(31-7)17(12-18(13)25)15(3)29-23-21(14(2)28-29)19(26)10-11-27-23/h10-12,15H,8-9H2,1-7H3,(H2,26,27). The lowest BCUT2D eigenvalue weighted by molar-refractivity contribution is -0.154. The number of carbonyl (C=O) groups is 1. The van der Waals surface area contributed by atoms with Crippen LogP contribution in [0.3, 0.4) is 0 Å². The lowest BCUT2D eigenvalue weighted by atomic mass is 9.95. The third-order valence-electron chi connectivity index (χ3n) is 5.45. The zero-order valence-corrected chi connectivity index (χ0v) is 20.5. The number of hydrogen-bond donors (Lipinski definition) is 1. The summed E-state index contributed by atoms with van der Waals surface area (Å²) in [4.78, 5) is 16.8. The van der Waals surface area contributed by atoms with Crippen LogP contribution in [0.4, 0.5) is 5.69 Å². The maximum atomic E-state index is 12.3. The van der Waals surface area contributed by atoms with E-state index in [0.717, 1.165) is 27.8 Å². The zero-order chi connectivity index (χ0) is 23.8. The normalized spacial score (nSPS) is 12.8. The number of ether oxygens (including phenoxy) is 2. The van der Waals surface area contributed by atoms with Gasteiger partial charge in [0, 0.05) is 28.9 Å². The van der Waals surface area contributed by atoms with Gasteiger partial charge in [0.2, 0.25) is 0 Å². The van der Waals surface area contributed by atoms with Crippen LogP contribution in [-0.4, -0.2) is 33.4 Å². The van der Waals surface area contributed by atoms with Crippen LogP contribution in [0.15, 0.2) is 18.3 Å². The van der Waals surface area contributed by atoms with Gasteiger partial charge in [0.1, 0.15) is 11.4 Å². The van der Waals surface area contributed by atoms with Crippen molar-refractivity contribution in [2.75, 3.05) is 12.8 Å². The molecule has 0 aliphatic carbocycles. The van der Waals surface area contributed by atoms with Gasteiger partial charge in [0.15, 0.2) is 5.65 Å². The number of halogens is 1. The number of methoxy groups -OCH3 is 1. The number of anilines is 1. The topological polar surface area (TPSA) is 92.3 Å². The highest BCUT2D eigenvalue weighted by molar-refractivity contribution is 6.31. The molecule has 0 saturated heterocycles. The van der Waals surface area contributed by atoms with Crippen molar-refractivity contribution in [3.8, 4) is 5.75 Å². The van der Waals surface area contributed by atoms with E-state index in [-0.39, 0.29) is 18.4 Å². The molecule has 3 rings (SSSR count). The fourth-order valence-electron chi connectivity index (χ4n) is 3.94. The Morgan fingerprint density at radius 1 is 1.31 bits per heavy atom. The Balaban J connectivity index is 2.04. The van der Waals surface area contributed by atoms with Gasteiger partial charge in [0.25, 0.3) is 0 Å². The largest absolute Gasteiger partial charge is 0.496 e. The molecule has 1 atom stereocenters. The molecule has 0 spiro atoms. The monoisotopic (exact) mass is 458 g/mol. The van der Waals surface area contributed by atoms with Gasteiger partial charge in [-0.15, -0.1) is 0 Å². The Morgan fingerprint density at radius 3 is 2.62 bits per heavy atom. The lowest BCUT2D eigenvalue weighted by Gasteiger charge is -2.23. The zero-order valence-electron chi connectivity index (χ0n) is 19.7.